The molecule has 6 amide bonds. The van der Waals surface area contributed by atoms with Crippen molar-refractivity contribution in [3.05, 3.63) is 108 Å². The molecule has 0 N–H and O–H groups in total. The lowest BCUT2D eigenvalue weighted by molar-refractivity contribution is -0.134. The minimum atomic E-state index is -0.976. The number of carbonyl (C=O) groups excluding carboxylic acids is 4. The topological polar surface area (TPSA) is 81.2 Å². The van der Waals surface area contributed by atoms with Gasteiger partial charge in [-0.1, -0.05) is 97.1 Å². The summed E-state index contributed by atoms with van der Waals surface area (Å²) in [7, 11) is 0. The molecule has 2 atom stereocenters. The zero-order valence-corrected chi connectivity index (χ0v) is 22.3. The Bertz CT molecular complexity index is 1310. The molecular formula is C32H32N4O4. The summed E-state index contributed by atoms with van der Waals surface area (Å²) in [5, 5.41) is 0. The highest BCUT2D eigenvalue weighted by atomic mass is 16.2. The quantitative estimate of drug-likeness (QED) is 0.363. The summed E-state index contributed by atoms with van der Waals surface area (Å²) in [4.78, 5) is 60.2. The Morgan fingerprint density at radius 3 is 1.38 bits per heavy atom. The first-order valence-corrected chi connectivity index (χ1v) is 13.8. The van der Waals surface area contributed by atoms with Crippen molar-refractivity contribution in [1.82, 2.24) is 19.6 Å². The molecule has 8 heteroatoms. The highest BCUT2D eigenvalue weighted by Gasteiger charge is 2.58. The Labute approximate surface area is 233 Å². The number of hydrogen-bond donors (Lipinski definition) is 0. The standard InChI is InChI=1S/C32H32N4O4/c37-27-31(19-9-11-21-35(31)29(39)33(27)23-25-13-3-1-4-14-25)17-7-8-18-32-20-10-12-22-36(32)30(40)34(28(32)38)24-26-15-5-2-6-16-26/h1-16H,17-24H2/b8-7+/t31-,32+. The van der Waals surface area contributed by atoms with Crippen LogP contribution in [0.15, 0.2) is 97.1 Å². The van der Waals surface area contributed by atoms with Crippen LogP contribution in [0, 0.1) is 0 Å². The molecule has 0 saturated carbocycles. The SMILES string of the molecule is O=C1N(Cc2ccccc2)C(=O)[C@@]2(C/C=C/C[C@@]34CC=CCN3C(=O)N(Cc3ccccc3)C4=O)CC=CCN12. The lowest BCUT2D eigenvalue weighted by Crippen LogP contribution is -2.51. The molecule has 4 aliphatic heterocycles. The van der Waals surface area contributed by atoms with Crippen LogP contribution in [0.2, 0.25) is 0 Å². The molecule has 0 aliphatic carbocycles. The summed E-state index contributed by atoms with van der Waals surface area (Å²) < 4.78 is 0. The molecule has 0 bridgehead atoms. The van der Waals surface area contributed by atoms with Crippen molar-refractivity contribution in [3.63, 3.8) is 0 Å². The molecule has 4 heterocycles. The van der Waals surface area contributed by atoms with E-state index in [1.807, 2.05) is 97.1 Å². The van der Waals surface area contributed by atoms with Crippen molar-refractivity contribution in [2.45, 2.75) is 49.9 Å². The van der Waals surface area contributed by atoms with Crippen molar-refractivity contribution in [3.8, 4) is 0 Å². The zero-order chi connectivity index (χ0) is 27.7. The number of benzene rings is 2. The fraction of sp³-hybridized carbons (Fsp3) is 0.312. The van der Waals surface area contributed by atoms with Crippen LogP contribution in [0.4, 0.5) is 9.59 Å². The lowest BCUT2D eigenvalue weighted by atomic mass is 9.84. The summed E-state index contributed by atoms with van der Waals surface area (Å²) in [5.74, 6) is -0.395. The molecule has 2 fully saturated rings. The highest BCUT2D eigenvalue weighted by molar-refractivity contribution is 6.08. The summed E-state index contributed by atoms with van der Waals surface area (Å²) in [6.07, 6.45) is 13.2. The Morgan fingerprint density at radius 1 is 0.575 bits per heavy atom. The number of urea groups is 2. The molecule has 204 valence electrons. The molecule has 6 rings (SSSR count). The molecule has 0 aromatic heterocycles. The summed E-state index contributed by atoms with van der Waals surface area (Å²) in [5.41, 5.74) is -0.153. The smallest absolute Gasteiger partial charge is 0.305 e. The number of rotatable bonds is 8. The molecule has 2 aromatic carbocycles. The molecule has 2 aromatic rings. The van der Waals surface area contributed by atoms with Gasteiger partial charge in [-0.25, -0.2) is 9.59 Å². The third-order valence-electron chi connectivity index (χ3n) is 8.51. The summed E-state index contributed by atoms with van der Waals surface area (Å²) >= 11 is 0. The van der Waals surface area contributed by atoms with E-state index in [1.54, 1.807) is 9.80 Å². The van der Waals surface area contributed by atoms with E-state index in [-0.39, 0.29) is 37.0 Å². The monoisotopic (exact) mass is 536 g/mol. The van der Waals surface area contributed by atoms with Crippen LogP contribution < -0.4 is 0 Å². The van der Waals surface area contributed by atoms with Gasteiger partial charge in [0, 0.05) is 13.1 Å². The minimum absolute atomic E-state index is 0.197. The third-order valence-corrected chi connectivity index (χ3v) is 8.51. The molecule has 0 spiro atoms. The van der Waals surface area contributed by atoms with E-state index in [0.29, 0.717) is 38.8 Å². The van der Waals surface area contributed by atoms with Gasteiger partial charge < -0.3 is 9.80 Å². The van der Waals surface area contributed by atoms with E-state index in [4.69, 9.17) is 0 Å². The van der Waals surface area contributed by atoms with Gasteiger partial charge in [0.1, 0.15) is 11.1 Å². The Morgan fingerprint density at radius 2 is 0.975 bits per heavy atom. The van der Waals surface area contributed by atoms with Crippen molar-refractivity contribution < 1.29 is 19.2 Å². The maximum absolute atomic E-state index is 13.7. The molecule has 0 radical (unpaired) electrons. The van der Waals surface area contributed by atoms with Crippen LogP contribution in [0.1, 0.15) is 36.8 Å². The second-order valence-corrected chi connectivity index (χ2v) is 10.8. The number of imide groups is 2. The van der Waals surface area contributed by atoms with Crippen LogP contribution in [0.3, 0.4) is 0 Å². The van der Waals surface area contributed by atoms with E-state index in [2.05, 4.69) is 0 Å². The normalized spacial score (nSPS) is 25.9. The summed E-state index contributed by atoms with van der Waals surface area (Å²) in [6, 6.07) is 18.5. The number of carbonyl (C=O) groups is 4. The van der Waals surface area contributed by atoms with Crippen molar-refractivity contribution in [1.29, 1.82) is 0 Å². The number of fused-ring (bicyclic) bond motifs is 2. The van der Waals surface area contributed by atoms with Gasteiger partial charge in [0.25, 0.3) is 11.8 Å². The molecule has 0 unspecified atom stereocenters. The van der Waals surface area contributed by atoms with Gasteiger partial charge in [-0.2, -0.15) is 0 Å². The Kier molecular flexibility index (Phi) is 6.62. The molecule has 40 heavy (non-hydrogen) atoms. The first-order valence-electron chi connectivity index (χ1n) is 13.8. The minimum Gasteiger partial charge on any atom is -0.305 e. The van der Waals surface area contributed by atoms with E-state index in [9.17, 15) is 19.2 Å². The maximum atomic E-state index is 13.7. The maximum Gasteiger partial charge on any atom is 0.328 e. The van der Waals surface area contributed by atoms with Gasteiger partial charge >= 0.3 is 12.1 Å². The van der Waals surface area contributed by atoms with Crippen LogP contribution >= 0.6 is 0 Å². The van der Waals surface area contributed by atoms with E-state index in [0.717, 1.165) is 11.1 Å². The van der Waals surface area contributed by atoms with Crippen LogP contribution in [-0.2, 0) is 22.7 Å². The van der Waals surface area contributed by atoms with Crippen molar-refractivity contribution in [2.75, 3.05) is 13.1 Å². The van der Waals surface area contributed by atoms with Gasteiger partial charge in [-0.15, -0.1) is 0 Å². The lowest BCUT2D eigenvalue weighted by Gasteiger charge is -2.36. The largest absolute Gasteiger partial charge is 0.328 e. The summed E-state index contributed by atoms with van der Waals surface area (Å²) in [6.45, 7) is 1.23. The van der Waals surface area contributed by atoms with E-state index >= 15 is 0 Å². The van der Waals surface area contributed by atoms with Gasteiger partial charge in [-0.05, 0) is 36.8 Å². The van der Waals surface area contributed by atoms with Crippen LogP contribution in [0.25, 0.3) is 0 Å². The van der Waals surface area contributed by atoms with Crippen LogP contribution in [-0.4, -0.2) is 67.6 Å². The van der Waals surface area contributed by atoms with Gasteiger partial charge in [0.05, 0.1) is 13.1 Å². The second-order valence-electron chi connectivity index (χ2n) is 10.8. The van der Waals surface area contributed by atoms with Crippen molar-refractivity contribution in [2.24, 2.45) is 0 Å². The van der Waals surface area contributed by atoms with Gasteiger partial charge in [0.15, 0.2) is 0 Å². The Balaban J connectivity index is 1.20. The fourth-order valence-corrected chi connectivity index (χ4v) is 6.31. The highest BCUT2D eigenvalue weighted by Crippen LogP contribution is 2.40. The predicted octanol–water partition coefficient (Wildman–Crippen LogP) is 4.65. The molecule has 4 aliphatic rings. The first kappa shape index (κ1) is 25.8. The van der Waals surface area contributed by atoms with Gasteiger partial charge in [0.2, 0.25) is 0 Å². The second kappa shape index (κ2) is 10.3. The zero-order valence-electron chi connectivity index (χ0n) is 22.3. The Hall–Kier alpha value is -4.46. The number of hydrogen-bond acceptors (Lipinski definition) is 4. The molecule has 2 saturated heterocycles. The van der Waals surface area contributed by atoms with Gasteiger partial charge in [-0.3, -0.25) is 19.4 Å². The van der Waals surface area contributed by atoms with Crippen molar-refractivity contribution >= 4 is 23.9 Å². The van der Waals surface area contributed by atoms with E-state index in [1.165, 1.54) is 9.80 Å². The first-order chi connectivity index (χ1) is 19.5. The van der Waals surface area contributed by atoms with E-state index < -0.39 is 11.1 Å². The number of amides is 6. The molecule has 8 nitrogen and oxygen atoms in total. The predicted molar refractivity (Wildman–Crippen MR) is 150 cm³/mol. The molecular weight excluding hydrogens is 504 g/mol. The third kappa shape index (κ3) is 4.15. The van der Waals surface area contributed by atoms with Crippen LogP contribution in [0.5, 0.6) is 0 Å². The average Bonchev–Trinajstić information content (AvgIpc) is 3.33. The number of nitrogens with zero attached hydrogens (tertiary/aromatic N) is 4. The fourth-order valence-electron chi connectivity index (χ4n) is 6.31. The average molecular weight is 537 g/mol.